The average molecular weight is 215 g/mol. The summed E-state index contributed by atoms with van der Waals surface area (Å²) in [5.41, 5.74) is 9.68. The van der Waals surface area contributed by atoms with Crippen LogP contribution in [0.1, 0.15) is 37.3 Å². The minimum atomic E-state index is 0.0659. The second-order valence-corrected chi connectivity index (χ2v) is 6.03. The van der Waals surface area contributed by atoms with Crippen molar-refractivity contribution in [2.75, 3.05) is 0 Å². The Labute approximate surface area is 98.0 Å². The Kier molecular flexibility index (Phi) is 2.32. The van der Waals surface area contributed by atoms with Gasteiger partial charge in [0, 0.05) is 5.54 Å². The Bertz CT molecular complexity index is 394. The smallest absolute Gasteiger partial charge is 0.0160 e. The van der Waals surface area contributed by atoms with Crippen LogP contribution in [0, 0.1) is 11.8 Å². The van der Waals surface area contributed by atoms with Crippen molar-refractivity contribution < 1.29 is 0 Å². The maximum atomic E-state index is 6.49. The van der Waals surface area contributed by atoms with E-state index in [1.807, 2.05) is 0 Å². The van der Waals surface area contributed by atoms with E-state index >= 15 is 0 Å². The molecule has 2 N–H and O–H groups in total. The first-order valence-electron chi connectivity index (χ1n) is 6.51. The molecule has 0 aliphatic heterocycles. The summed E-state index contributed by atoms with van der Waals surface area (Å²) in [6.07, 6.45) is 6.36. The molecule has 1 nitrogen and oxygen atoms in total. The maximum Gasteiger partial charge on any atom is 0.0160 e. The number of benzene rings is 1. The second-order valence-electron chi connectivity index (χ2n) is 6.03. The van der Waals surface area contributed by atoms with Crippen LogP contribution in [0.2, 0.25) is 0 Å². The first-order chi connectivity index (χ1) is 7.65. The molecule has 1 aromatic carbocycles. The third-order valence-corrected chi connectivity index (χ3v) is 4.68. The van der Waals surface area contributed by atoms with E-state index in [0.717, 1.165) is 5.92 Å². The lowest BCUT2D eigenvalue weighted by atomic mass is 9.64. The van der Waals surface area contributed by atoms with Crippen LogP contribution in [0.4, 0.5) is 0 Å². The van der Waals surface area contributed by atoms with Crippen molar-refractivity contribution in [1.29, 1.82) is 0 Å². The van der Waals surface area contributed by atoms with Gasteiger partial charge in [-0.05, 0) is 62.0 Å². The molecule has 1 fully saturated rings. The van der Waals surface area contributed by atoms with Gasteiger partial charge in [-0.25, -0.2) is 0 Å². The van der Waals surface area contributed by atoms with E-state index in [4.69, 9.17) is 5.73 Å². The number of hydrogen-bond donors (Lipinski definition) is 1. The zero-order chi connectivity index (χ0) is 11.2. The van der Waals surface area contributed by atoms with Gasteiger partial charge in [0.2, 0.25) is 0 Å². The minimum absolute atomic E-state index is 0.0659. The fraction of sp³-hybridized carbons (Fsp3) is 0.600. The molecule has 4 rings (SSSR count). The van der Waals surface area contributed by atoms with Gasteiger partial charge in [0.15, 0.2) is 0 Å². The van der Waals surface area contributed by atoms with Gasteiger partial charge in [-0.15, -0.1) is 0 Å². The highest BCUT2D eigenvalue weighted by atomic mass is 14.8. The third-order valence-electron chi connectivity index (χ3n) is 4.68. The SMILES string of the molecule is CC1(N)C[C@H]2CCC1Cc1ccccc1C2. The Morgan fingerprint density at radius 1 is 1.12 bits per heavy atom. The molecule has 1 saturated carbocycles. The van der Waals surface area contributed by atoms with Crippen LogP contribution < -0.4 is 5.73 Å². The molecule has 0 saturated heterocycles. The third kappa shape index (κ3) is 1.67. The summed E-state index contributed by atoms with van der Waals surface area (Å²) in [6, 6.07) is 8.95. The Morgan fingerprint density at radius 2 is 1.81 bits per heavy atom. The fourth-order valence-electron chi connectivity index (χ4n) is 3.70. The van der Waals surface area contributed by atoms with Crippen molar-refractivity contribution in [2.24, 2.45) is 17.6 Å². The molecule has 2 bridgehead atoms. The molecule has 0 amide bonds. The normalized spacial score (nSPS) is 37.6. The van der Waals surface area contributed by atoms with Gasteiger partial charge in [0.05, 0.1) is 0 Å². The highest BCUT2D eigenvalue weighted by Gasteiger charge is 2.39. The van der Waals surface area contributed by atoms with Gasteiger partial charge in [-0.2, -0.15) is 0 Å². The largest absolute Gasteiger partial charge is 0.325 e. The first-order valence-corrected chi connectivity index (χ1v) is 6.51. The number of rotatable bonds is 0. The lowest BCUT2D eigenvalue weighted by Gasteiger charge is -2.44. The summed E-state index contributed by atoms with van der Waals surface area (Å²) in [7, 11) is 0. The molecule has 16 heavy (non-hydrogen) atoms. The molecule has 1 aromatic rings. The van der Waals surface area contributed by atoms with E-state index in [-0.39, 0.29) is 5.54 Å². The van der Waals surface area contributed by atoms with Crippen LogP contribution in [0.25, 0.3) is 0 Å². The van der Waals surface area contributed by atoms with Crippen LogP contribution in [0.15, 0.2) is 24.3 Å². The summed E-state index contributed by atoms with van der Waals surface area (Å²) in [6.45, 7) is 2.26. The molecule has 0 radical (unpaired) electrons. The molecule has 86 valence electrons. The Morgan fingerprint density at radius 3 is 2.50 bits per heavy atom. The van der Waals surface area contributed by atoms with Gasteiger partial charge in [-0.3, -0.25) is 0 Å². The van der Waals surface area contributed by atoms with Crippen LogP contribution in [-0.2, 0) is 12.8 Å². The van der Waals surface area contributed by atoms with Crippen molar-refractivity contribution in [3.05, 3.63) is 35.4 Å². The average Bonchev–Trinajstić information content (AvgIpc) is 2.19. The molecule has 0 aromatic heterocycles. The second kappa shape index (κ2) is 3.59. The fourth-order valence-corrected chi connectivity index (χ4v) is 3.70. The molecule has 1 heteroatoms. The van der Waals surface area contributed by atoms with Crippen molar-refractivity contribution in [3.63, 3.8) is 0 Å². The molecule has 3 aliphatic carbocycles. The minimum Gasteiger partial charge on any atom is -0.325 e. The van der Waals surface area contributed by atoms with Crippen molar-refractivity contribution in [1.82, 2.24) is 0 Å². The first kappa shape index (κ1) is 10.3. The van der Waals surface area contributed by atoms with Gasteiger partial charge >= 0.3 is 0 Å². The van der Waals surface area contributed by atoms with Crippen LogP contribution in [0.5, 0.6) is 0 Å². The van der Waals surface area contributed by atoms with E-state index in [2.05, 4.69) is 31.2 Å². The zero-order valence-electron chi connectivity index (χ0n) is 10.1. The standard InChI is InChI=1S/C15H21N/c1-15(16)10-11-6-7-14(15)9-13-5-3-2-4-12(13)8-11/h2-5,11,14H,6-10,16H2,1H3/t11-,14?,15?/m0/s1. The number of hydrogen-bond acceptors (Lipinski definition) is 1. The monoisotopic (exact) mass is 215 g/mol. The highest BCUT2D eigenvalue weighted by molar-refractivity contribution is 5.30. The van der Waals surface area contributed by atoms with E-state index in [0.29, 0.717) is 5.92 Å². The Balaban J connectivity index is 2.01. The van der Waals surface area contributed by atoms with E-state index in [9.17, 15) is 0 Å². The summed E-state index contributed by atoms with van der Waals surface area (Å²) in [4.78, 5) is 0. The van der Waals surface area contributed by atoms with Gasteiger partial charge in [0.25, 0.3) is 0 Å². The Hall–Kier alpha value is -0.820. The zero-order valence-corrected chi connectivity index (χ0v) is 10.1. The van der Waals surface area contributed by atoms with Gasteiger partial charge in [-0.1, -0.05) is 24.3 Å². The predicted octanol–water partition coefficient (Wildman–Crippen LogP) is 2.92. The molecule has 2 unspecified atom stereocenters. The predicted molar refractivity (Wildman–Crippen MR) is 67.3 cm³/mol. The highest BCUT2D eigenvalue weighted by Crippen LogP contribution is 2.41. The van der Waals surface area contributed by atoms with Gasteiger partial charge < -0.3 is 5.73 Å². The molecule has 3 aliphatic rings. The van der Waals surface area contributed by atoms with Crippen molar-refractivity contribution in [3.8, 4) is 0 Å². The summed E-state index contributed by atoms with van der Waals surface area (Å²) in [5.74, 6) is 1.50. The topological polar surface area (TPSA) is 26.0 Å². The number of nitrogens with two attached hydrogens (primary N) is 1. The summed E-state index contributed by atoms with van der Waals surface area (Å²) in [5, 5.41) is 0. The molecular formula is C15H21N. The van der Waals surface area contributed by atoms with E-state index in [1.165, 1.54) is 32.1 Å². The van der Waals surface area contributed by atoms with Crippen molar-refractivity contribution >= 4 is 0 Å². The maximum absolute atomic E-state index is 6.49. The van der Waals surface area contributed by atoms with Crippen LogP contribution in [0.3, 0.4) is 0 Å². The molecular weight excluding hydrogens is 194 g/mol. The number of fused-ring (bicyclic) bond motifs is 2. The van der Waals surface area contributed by atoms with E-state index < -0.39 is 0 Å². The lowest BCUT2D eigenvalue weighted by molar-refractivity contribution is 0.148. The van der Waals surface area contributed by atoms with Gasteiger partial charge in [0.1, 0.15) is 0 Å². The van der Waals surface area contributed by atoms with Crippen LogP contribution >= 0.6 is 0 Å². The molecule has 0 spiro atoms. The molecule has 3 atom stereocenters. The summed E-state index contributed by atoms with van der Waals surface area (Å²) < 4.78 is 0. The summed E-state index contributed by atoms with van der Waals surface area (Å²) >= 11 is 0. The van der Waals surface area contributed by atoms with Crippen LogP contribution in [-0.4, -0.2) is 5.54 Å². The molecule has 0 heterocycles. The quantitative estimate of drug-likeness (QED) is 0.707. The lowest BCUT2D eigenvalue weighted by Crippen LogP contribution is -2.50. The van der Waals surface area contributed by atoms with Crippen molar-refractivity contribution in [2.45, 2.75) is 44.6 Å². The van der Waals surface area contributed by atoms with E-state index in [1.54, 1.807) is 11.1 Å².